The molecule has 0 fully saturated rings. The zero-order valence-electron chi connectivity index (χ0n) is 9.42. The number of hydrogen-bond donors (Lipinski definition) is 0. The summed E-state index contributed by atoms with van der Waals surface area (Å²) >= 11 is 0. The highest BCUT2D eigenvalue weighted by Gasteiger charge is 2.18. The van der Waals surface area contributed by atoms with E-state index in [1.54, 1.807) is 0 Å². The summed E-state index contributed by atoms with van der Waals surface area (Å²) < 4.78 is 4.77. The number of rotatable bonds is 9. The van der Waals surface area contributed by atoms with Gasteiger partial charge in [-0.05, 0) is 19.3 Å². The van der Waals surface area contributed by atoms with Crippen LogP contribution in [0.2, 0.25) is 0 Å². The fourth-order valence-corrected chi connectivity index (χ4v) is 1.11. The van der Waals surface area contributed by atoms with Crippen LogP contribution in [0.3, 0.4) is 0 Å². The van der Waals surface area contributed by atoms with Gasteiger partial charge in [-0.3, -0.25) is 0 Å². The highest BCUT2D eigenvalue weighted by atomic mass is 16.5. The summed E-state index contributed by atoms with van der Waals surface area (Å²) in [5.41, 5.74) is 0. The zero-order chi connectivity index (χ0) is 12.9. The molecule has 0 unspecified atom stereocenters. The highest BCUT2D eigenvalue weighted by molar-refractivity contribution is 5.76. The van der Waals surface area contributed by atoms with Crippen molar-refractivity contribution in [1.82, 2.24) is 0 Å². The van der Waals surface area contributed by atoms with Gasteiger partial charge in [-0.15, -0.1) is 0 Å². The van der Waals surface area contributed by atoms with E-state index in [4.69, 9.17) is 4.74 Å². The first kappa shape index (κ1) is 15.0. The van der Waals surface area contributed by atoms with E-state index in [1.807, 2.05) is 0 Å². The van der Waals surface area contributed by atoms with Gasteiger partial charge in [0.25, 0.3) is 0 Å². The molecule has 92 valence electrons. The highest BCUT2D eigenvalue weighted by Crippen LogP contribution is 2.06. The molecule has 0 saturated carbocycles. The number of unbranched alkanes of at least 4 members (excludes halogenated alkanes) is 1. The van der Waals surface area contributed by atoms with E-state index in [1.165, 1.54) is 18.2 Å². The van der Waals surface area contributed by atoms with Crippen molar-refractivity contribution in [2.24, 2.45) is 9.98 Å². The van der Waals surface area contributed by atoms with Crippen LogP contribution in [-0.4, -0.2) is 37.3 Å². The van der Waals surface area contributed by atoms with Crippen LogP contribution in [0.1, 0.15) is 19.3 Å². The van der Waals surface area contributed by atoms with Gasteiger partial charge in [0.15, 0.2) is 6.04 Å². The molecule has 0 aliphatic rings. The minimum absolute atomic E-state index is 0.0825. The molecule has 0 aliphatic carbocycles. The fourth-order valence-electron chi connectivity index (χ4n) is 1.11. The number of isocyanates is 2. The maximum Gasteiger partial charge on any atom is 0.332 e. The number of carbonyl (C=O) groups excluding carboxylic acids is 3. The maximum atomic E-state index is 11.4. The first-order chi connectivity index (χ1) is 8.26. The van der Waals surface area contributed by atoms with Gasteiger partial charge in [-0.1, -0.05) is 12.7 Å². The molecule has 6 nitrogen and oxygen atoms in total. The van der Waals surface area contributed by atoms with Crippen LogP contribution < -0.4 is 0 Å². The number of ether oxygens (including phenoxy) is 1. The van der Waals surface area contributed by atoms with Crippen LogP contribution in [-0.2, 0) is 19.1 Å². The predicted molar refractivity (Wildman–Crippen MR) is 59.9 cm³/mol. The second kappa shape index (κ2) is 10.5. The lowest BCUT2D eigenvalue weighted by Crippen LogP contribution is -2.21. The molecule has 17 heavy (non-hydrogen) atoms. The first-order valence-electron chi connectivity index (χ1n) is 5.14. The number of nitrogens with zero attached hydrogens (tertiary/aromatic N) is 2. The Kier molecular flexibility index (Phi) is 9.23. The van der Waals surface area contributed by atoms with Crippen molar-refractivity contribution in [2.45, 2.75) is 25.3 Å². The van der Waals surface area contributed by atoms with Crippen molar-refractivity contribution >= 4 is 18.1 Å². The standard InChI is InChI=1S/C11H14N2O4/c1-2-7-17-11(16)10(13-9-15)5-3-4-6-12-8-14/h2,10H,1,3-7H2/t10-/m0/s1. The summed E-state index contributed by atoms with van der Waals surface area (Å²) in [6.07, 6.45) is 5.77. The average molecular weight is 238 g/mol. The lowest BCUT2D eigenvalue weighted by atomic mass is 10.1. The van der Waals surface area contributed by atoms with E-state index in [0.29, 0.717) is 25.8 Å². The van der Waals surface area contributed by atoms with Crippen LogP contribution in [0.25, 0.3) is 0 Å². The number of esters is 1. The minimum Gasteiger partial charge on any atom is -0.460 e. The molecular formula is C11H14N2O4. The summed E-state index contributed by atoms with van der Waals surface area (Å²) in [6, 6.07) is -0.840. The fraction of sp³-hybridized carbons (Fsp3) is 0.545. The zero-order valence-corrected chi connectivity index (χ0v) is 9.42. The normalized spacial score (nSPS) is 10.6. The molecule has 0 heterocycles. The molecule has 0 spiro atoms. The van der Waals surface area contributed by atoms with Crippen LogP contribution >= 0.6 is 0 Å². The van der Waals surface area contributed by atoms with Gasteiger partial charge < -0.3 is 4.74 Å². The van der Waals surface area contributed by atoms with Crippen LogP contribution in [0.4, 0.5) is 0 Å². The Hall–Kier alpha value is -2.03. The second-order valence-electron chi connectivity index (χ2n) is 3.12. The number of carbonyl (C=O) groups is 1. The van der Waals surface area contributed by atoms with Crippen molar-refractivity contribution < 1.29 is 19.1 Å². The van der Waals surface area contributed by atoms with Crippen molar-refractivity contribution in [3.63, 3.8) is 0 Å². The molecule has 0 aromatic rings. The van der Waals surface area contributed by atoms with Gasteiger partial charge in [0, 0.05) is 0 Å². The van der Waals surface area contributed by atoms with E-state index in [-0.39, 0.29) is 6.61 Å². The molecule has 1 atom stereocenters. The van der Waals surface area contributed by atoms with Crippen molar-refractivity contribution in [1.29, 1.82) is 0 Å². The van der Waals surface area contributed by atoms with E-state index in [9.17, 15) is 14.4 Å². The molecule has 0 amide bonds. The molecule has 0 bridgehead atoms. The predicted octanol–water partition coefficient (Wildman–Crippen LogP) is 0.926. The molecule has 0 N–H and O–H groups in total. The Balaban J connectivity index is 4.05. The average Bonchev–Trinajstić information content (AvgIpc) is 2.34. The van der Waals surface area contributed by atoms with Crippen molar-refractivity contribution in [3.05, 3.63) is 12.7 Å². The SMILES string of the molecule is C=CCOC(=O)[C@H](CCCCN=C=O)N=C=O. The van der Waals surface area contributed by atoms with Crippen LogP contribution in [0.15, 0.2) is 22.6 Å². The molecule has 0 radical (unpaired) electrons. The molecule has 0 saturated heterocycles. The van der Waals surface area contributed by atoms with Crippen molar-refractivity contribution in [3.8, 4) is 0 Å². The third-order valence-electron chi connectivity index (χ3n) is 1.89. The van der Waals surface area contributed by atoms with E-state index in [0.717, 1.165) is 0 Å². The summed E-state index contributed by atoms with van der Waals surface area (Å²) in [5, 5.41) is 0. The summed E-state index contributed by atoms with van der Waals surface area (Å²) in [4.78, 5) is 38.0. The van der Waals surface area contributed by atoms with E-state index < -0.39 is 12.0 Å². The molecule has 0 aromatic carbocycles. The Bertz CT molecular complexity index is 341. The van der Waals surface area contributed by atoms with Gasteiger partial charge in [0.2, 0.25) is 12.2 Å². The summed E-state index contributed by atoms with van der Waals surface area (Å²) in [6.45, 7) is 3.83. The number of hydrogen-bond acceptors (Lipinski definition) is 6. The van der Waals surface area contributed by atoms with E-state index >= 15 is 0 Å². The summed E-state index contributed by atoms with van der Waals surface area (Å²) in [5.74, 6) is -0.577. The van der Waals surface area contributed by atoms with Gasteiger partial charge >= 0.3 is 5.97 Å². The third kappa shape index (κ3) is 7.85. The van der Waals surface area contributed by atoms with Crippen LogP contribution in [0, 0.1) is 0 Å². The molecule has 0 aliphatic heterocycles. The van der Waals surface area contributed by atoms with E-state index in [2.05, 4.69) is 16.6 Å². The summed E-state index contributed by atoms with van der Waals surface area (Å²) in [7, 11) is 0. The van der Waals surface area contributed by atoms with Crippen LogP contribution in [0.5, 0.6) is 0 Å². The largest absolute Gasteiger partial charge is 0.460 e. The monoisotopic (exact) mass is 238 g/mol. The third-order valence-corrected chi connectivity index (χ3v) is 1.89. The molecule has 0 aromatic heterocycles. The molecular weight excluding hydrogens is 224 g/mol. The lowest BCUT2D eigenvalue weighted by molar-refractivity contribution is -0.144. The Labute approximate surface area is 99.1 Å². The quantitative estimate of drug-likeness (QED) is 0.196. The topological polar surface area (TPSA) is 85.2 Å². The van der Waals surface area contributed by atoms with Gasteiger partial charge in [0.1, 0.15) is 6.61 Å². The Morgan fingerprint density at radius 2 is 2.12 bits per heavy atom. The minimum atomic E-state index is -0.840. The van der Waals surface area contributed by atoms with Gasteiger partial charge in [0.05, 0.1) is 6.54 Å². The maximum absolute atomic E-state index is 11.4. The van der Waals surface area contributed by atoms with Gasteiger partial charge in [-0.25, -0.2) is 19.4 Å². The van der Waals surface area contributed by atoms with Crippen molar-refractivity contribution in [2.75, 3.05) is 13.2 Å². The van der Waals surface area contributed by atoms with Gasteiger partial charge in [-0.2, -0.15) is 4.99 Å². The number of aliphatic imine (C=N–C) groups is 2. The lowest BCUT2D eigenvalue weighted by Gasteiger charge is -2.08. The Morgan fingerprint density at radius 3 is 2.71 bits per heavy atom. The molecule has 0 rings (SSSR count). The first-order valence-corrected chi connectivity index (χ1v) is 5.14. The second-order valence-corrected chi connectivity index (χ2v) is 3.12. The molecule has 6 heteroatoms. The smallest absolute Gasteiger partial charge is 0.332 e. The Morgan fingerprint density at radius 1 is 1.35 bits per heavy atom.